The highest BCUT2D eigenvalue weighted by molar-refractivity contribution is 7.89. The third-order valence-corrected chi connectivity index (χ3v) is 8.43. The zero-order chi connectivity index (χ0) is 21.2. The number of sulfonamides is 1. The van der Waals surface area contributed by atoms with Crippen molar-refractivity contribution < 1.29 is 13.2 Å². The Morgan fingerprint density at radius 3 is 2.34 bits per heavy atom. The number of thiophene rings is 1. The maximum absolute atomic E-state index is 12.9. The van der Waals surface area contributed by atoms with Crippen LogP contribution in [0.25, 0.3) is 0 Å². The van der Waals surface area contributed by atoms with E-state index in [0.29, 0.717) is 36.1 Å². The fourth-order valence-corrected chi connectivity index (χ4v) is 6.53. The number of piperazine rings is 1. The molecule has 6 nitrogen and oxygen atoms in total. The third kappa shape index (κ3) is 5.38. The lowest BCUT2D eigenvalue weighted by Crippen LogP contribution is -2.51. The highest BCUT2D eigenvalue weighted by atomic mass is 35.5. The van der Waals surface area contributed by atoms with Crippen molar-refractivity contribution in [3.8, 4) is 0 Å². The maximum Gasteiger partial charge on any atom is 0.244 e. The molecule has 1 aliphatic rings. The van der Waals surface area contributed by atoms with Crippen LogP contribution in [0.5, 0.6) is 0 Å². The first kappa shape index (κ1) is 22.2. The second-order valence-electron chi connectivity index (χ2n) is 7.30. The lowest BCUT2D eigenvalue weighted by molar-refractivity contribution is -0.123. The van der Waals surface area contributed by atoms with Crippen molar-refractivity contribution in [3.63, 3.8) is 0 Å². The number of halogens is 1. The summed E-state index contributed by atoms with van der Waals surface area (Å²) in [6.45, 7) is 7.77. The molecule has 29 heavy (non-hydrogen) atoms. The minimum Gasteiger partial charge on any atom is -0.348 e. The molecule has 1 aromatic carbocycles. The summed E-state index contributed by atoms with van der Waals surface area (Å²) >= 11 is 7.40. The van der Waals surface area contributed by atoms with Gasteiger partial charge < -0.3 is 5.32 Å². The van der Waals surface area contributed by atoms with Gasteiger partial charge in [-0.3, -0.25) is 9.69 Å². The van der Waals surface area contributed by atoms with E-state index in [1.165, 1.54) is 15.6 Å². The van der Waals surface area contributed by atoms with Crippen molar-refractivity contribution in [2.24, 2.45) is 0 Å². The Bertz CT molecular complexity index is 965. The lowest BCUT2D eigenvalue weighted by atomic mass is 10.1. The molecule has 1 N–H and O–H groups in total. The molecule has 0 bridgehead atoms. The molecule has 1 amide bonds. The Hall–Kier alpha value is -1.45. The van der Waals surface area contributed by atoms with Gasteiger partial charge in [0.1, 0.15) is 0 Å². The van der Waals surface area contributed by atoms with Gasteiger partial charge >= 0.3 is 0 Å². The minimum atomic E-state index is -3.48. The summed E-state index contributed by atoms with van der Waals surface area (Å²) in [5.74, 6) is -0.0759. The molecule has 2 aromatic rings. The Labute approximate surface area is 181 Å². The van der Waals surface area contributed by atoms with Crippen molar-refractivity contribution in [1.29, 1.82) is 0 Å². The van der Waals surface area contributed by atoms with Gasteiger partial charge in [-0.25, -0.2) is 8.42 Å². The predicted molar refractivity (Wildman–Crippen MR) is 117 cm³/mol. The molecule has 0 spiro atoms. The Morgan fingerprint density at radius 2 is 1.79 bits per heavy atom. The Balaban J connectivity index is 1.52. The van der Waals surface area contributed by atoms with Crippen molar-refractivity contribution in [2.45, 2.75) is 31.7 Å². The van der Waals surface area contributed by atoms with Gasteiger partial charge in [0.2, 0.25) is 15.9 Å². The molecule has 3 rings (SSSR count). The van der Waals surface area contributed by atoms with Crippen LogP contribution in [0.4, 0.5) is 0 Å². The molecule has 1 aliphatic heterocycles. The van der Waals surface area contributed by atoms with Gasteiger partial charge in [0.15, 0.2) is 0 Å². The predicted octanol–water partition coefficient (Wildman–Crippen LogP) is 3.20. The lowest BCUT2D eigenvalue weighted by Gasteiger charge is -2.33. The number of hydrogen-bond donors (Lipinski definition) is 1. The smallest absolute Gasteiger partial charge is 0.244 e. The normalized spacial score (nSPS) is 17.2. The van der Waals surface area contributed by atoms with Crippen LogP contribution in [0.2, 0.25) is 5.02 Å². The molecule has 1 atom stereocenters. The van der Waals surface area contributed by atoms with Crippen LogP contribution in [0, 0.1) is 13.8 Å². The SMILES string of the molecule is Cc1cc(S(=O)(=O)N2CCN(CC(=O)NC(C)c3ccc(Cl)cc3)CC2)c(C)s1. The first-order valence-corrected chi connectivity index (χ1v) is 12.1. The Morgan fingerprint density at radius 1 is 1.17 bits per heavy atom. The summed E-state index contributed by atoms with van der Waals surface area (Å²) in [5, 5.41) is 3.65. The van der Waals surface area contributed by atoms with E-state index in [2.05, 4.69) is 5.32 Å². The highest BCUT2D eigenvalue weighted by Gasteiger charge is 2.31. The minimum absolute atomic E-state index is 0.0759. The molecule has 1 unspecified atom stereocenters. The summed E-state index contributed by atoms with van der Waals surface area (Å²) < 4.78 is 27.3. The van der Waals surface area contributed by atoms with E-state index in [1.54, 1.807) is 18.2 Å². The fourth-order valence-electron chi connectivity index (χ4n) is 3.46. The average Bonchev–Trinajstić information content (AvgIpc) is 3.01. The molecule has 1 aromatic heterocycles. The zero-order valence-corrected chi connectivity index (χ0v) is 19.2. The molecule has 1 saturated heterocycles. The van der Waals surface area contributed by atoms with Crippen molar-refractivity contribution >= 4 is 38.9 Å². The van der Waals surface area contributed by atoms with Gasteiger partial charge in [0, 0.05) is 41.0 Å². The summed E-state index contributed by atoms with van der Waals surface area (Å²) in [7, 11) is -3.48. The van der Waals surface area contributed by atoms with Gasteiger partial charge in [-0.15, -0.1) is 11.3 Å². The number of aryl methyl sites for hydroxylation is 2. The van der Waals surface area contributed by atoms with Crippen molar-refractivity contribution in [3.05, 3.63) is 50.7 Å². The first-order chi connectivity index (χ1) is 13.7. The summed E-state index contributed by atoms with van der Waals surface area (Å²) in [5.41, 5.74) is 0.986. The van der Waals surface area contributed by atoms with Gasteiger partial charge in [-0.1, -0.05) is 23.7 Å². The number of nitrogens with one attached hydrogen (secondary N) is 1. The van der Waals surface area contributed by atoms with E-state index in [4.69, 9.17) is 11.6 Å². The molecule has 0 aliphatic carbocycles. The van der Waals surface area contributed by atoms with Crippen LogP contribution in [0.1, 0.15) is 28.3 Å². The second-order valence-corrected chi connectivity index (χ2v) is 11.1. The summed E-state index contributed by atoms with van der Waals surface area (Å²) in [6, 6.07) is 9.01. The number of nitrogens with zero attached hydrogens (tertiary/aromatic N) is 2. The van der Waals surface area contributed by atoms with E-state index in [-0.39, 0.29) is 18.5 Å². The number of carbonyl (C=O) groups is 1. The summed E-state index contributed by atoms with van der Waals surface area (Å²) in [6.07, 6.45) is 0. The molecule has 0 saturated carbocycles. The summed E-state index contributed by atoms with van der Waals surface area (Å²) in [4.78, 5) is 16.6. The molecule has 158 valence electrons. The number of amides is 1. The molecular weight excluding hydrogens is 430 g/mol. The second kappa shape index (κ2) is 9.14. The van der Waals surface area contributed by atoms with Crippen LogP contribution in [0.15, 0.2) is 35.2 Å². The Kier molecular flexibility index (Phi) is 7.01. The third-order valence-electron chi connectivity index (χ3n) is 5.06. The zero-order valence-electron chi connectivity index (χ0n) is 16.8. The van der Waals surface area contributed by atoms with E-state index < -0.39 is 10.0 Å². The van der Waals surface area contributed by atoms with Crippen LogP contribution in [-0.2, 0) is 14.8 Å². The maximum atomic E-state index is 12.9. The van der Waals surface area contributed by atoms with Crippen molar-refractivity contribution in [1.82, 2.24) is 14.5 Å². The van der Waals surface area contributed by atoms with Gasteiger partial charge in [0.05, 0.1) is 17.5 Å². The van der Waals surface area contributed by atoms with Gasteiger partial charge in [0.25, 0.3) is 0 Å². The van der Waals surface area contributed by atoms with Gasteiger partial charge in [-0.05, 0) is 44.5 Å². The van der Waals surface area contributed by atoms with Crippen LogP contribution >= 0.6 is 22.9 Å². The molecular formula is C20H26ClN3O3S2. The van der Waals surface area contributed by atoms with E-state index in [1.807, 2.05) is 37.8 Å². The van der Waals surface area contributed by atoms with Crippen LogP contribution in [-0.4, -0.2) is 56.3 Å². The number of hydrogen-bond acceptors (Lipinski definition) is 5. The largest absolute Gasteiger partial charge is 0.348 e. The quantitative estimate of drug-likeness (QED) is 0.726. The fraction of sp³-hybridized carbons (Fsp3) is 0.450. The molecule has 2 heterocycles. The van der Waals surface area contributed by atoms with Crippen LogP contribution < -0.4 is 5.32 Å². The monoisotopic (exact) mass is 455 g/mol. The molecule has 1 fully saturated rings. The van der Waals surface area contributed by atoms with E-state index >= 15 is 0 Å². The first-order valence-electron chi connectivity index (χ1n) is 9.51. The van der Waals surface area contributed by atoms with Crippen molar-refractivity contribution in [2.75, 3.05) is 32.7 Å². The number of benzene rings is 1. The standard InChI is InChI=1S/C20H26ClN3O3S2/c1-14-12-19(16(3)28-14)29(26,27)24-10-8-23(9-11-24)13-20(25)22-15(2)17-4-6-18(21)7-5-17/h4-7,12,15H,8-11,13H2,1-3H3,(H,22,25). The number of rotatable bonds is 6. The van der Waals surface area contributed by atoms with E-state index in [0.717, 1.165) is 15.3 Å². The topological polar surface area (TPSA) is 69.7 Å². The molecule has 9 heteroatoms. The van der Waals surface area contributed by atoms with E-state index in [9.17, 15) is 13.2 Å². The highest BCUT2D eigenvalue weighted by Crippen LogP contribution is 2.28. The average molecular weight is 456 g/mol. The van der Waals surface area contributed by atoms with Crippen LogP contribution in [0.3, 0.4) is 0 Å². The molecule has 0 radical (unpaired) electrons. The van der Waals surface area contributed by atoms with Gasteiger partial charge in [-0.2, -0.15) is 4.31 Å². The number of carbonyl (C=O) groups excluding carboxylic acids is 1.